The average molecular weight is 467 g/mol. The summed E-state index contributed by atoms with van der Waals surface area (Å²) in [5.74, 6) is -4.05. The number of rotatable bonds is 7. The highest BCUT2D eigenvalue weighted by molar-refractivity contribution is 8.13. The molecule has 0 aromatic heterocycles. The van der Waals surface area contributed by atoms with E-state index in [1.807, 2.05) is 0 Å². The minimum absolute atomic E-state index is 0.0278. The summed E-state index contributed by atoms with van der Waals surface area (Å²) in [4.78, 5) is 47.3. The van der Waals surface area contributed by atoms with Crippen molar-refractivity contribution in [1.82, 2.24) is 5.32 Å². The van der Waals surface area contributed by atoms with Gasteiger partial charge in [-0.25, -0.2) is 23.2 Å². The first-order valence-corrected chi connectivity index (χ1v) is 10.0. The normalized spacial score (nSPS) is 11.3. The minimum Gasteiger partial charge on any atom is -0.467 e. The van der Waals surface area contributed by atoms with Gasteiger partial charge in [-0.3, -0.25) is 4.79 Å². The number of carbonyl (C=O) groups excluding carboxylic acids is 4. The van der Waals surface area contributed by atoms with Crippen LogP contribution in [0.3, 0.4) is 0 Å². The van der Waals surface area contributed by atoms with Crippen LogP contribution in [-0.4, -0.2) is 49.2 Å². The largest absolute Gasteiger partial charge is 0.467 e. The van der Waals surface area contributed by atoms with Crippen LogP contribution in [0.1, 0.15) is 17.3 Å². The molecule has 0 heterocycles. The van der Waals surface area contributed by atoms with Crippen LogP contribution >= 0.6 is 11.8 Å². The lowest BCUT2D eigenvalue weighted by atomic mass is 10.0. The number of ether oxygens (including phenoxy) is 3. The SMILES string of the molecule is COC(=O)c1cc(-c2ccc(F)cc2F)ccc1OC(=O)SC[C@@H](NC(C)=O)C(=O)OC. The molecule has 0 spiro atoms. The predicted octanol–water partition coefficient (Wildman–Crippen LogP) is 3.33. The molecule has 170 valence electrons. The van der Waals surface area contributed by atoms with Crippen LogP contribution in [0.5, 0.6) is 5.75 Å². The molecular weight excluding hydrogens is 448 g/mol. The van der Waals surface area contributed by atoms with E-state index in [0.717, 1.165) is 20.3 Å². The monoisotopic (exact) mass is 467 g/mol. The molecule has 0 bridgehead atoms. The van der Waals surface area contributed by atoms with Crippen molar-refractivity contribution in [3.8, 4) is 16.9 Å². The van der Waals surface area contributed by atoms with Crippen molar-refractivity contribution in [2.24, 2.45) is 0 Å². The highest BCUT2D eigenvalue weighted by Gasteiger charge is 2.24. The highest BCUT2D eigenvalue weighted by atomic mass is 32.2. The van der Waals surface area contributed by atoms with E-state index in [-0.39, 0.29) is 28.2 Å². The first kappa shape index (κ1) is 24.8. The molecule has 0 aliphatic rings. The molecule has 0 radical (unpaired) electrons. The Morgan fingerprint density at radius 1 is 1.03 bits per heavy atom. The van der Waals surface area contributed by atoms with Crippen LogP contribution in [-0.2, 0) is 19.1 Å². The Bertz CT molecular complexity index is 1040. The van der Waals surface area contributed by atoms with E-state index >= 15 is 0 Å². The summed E-state index contributed by atoms with van der Waals surface area (Å²) in [6.07, 6.45) is 0. The molecule has 2 aromatic carbocycles. The van der Waals surface area contributed by atoms with E-state index in [0.29, 0.717) is 17.8 Å². The summed E-state index contributed by atoms with van der Waals surface area (Å²) in [6.45, 7) is 1.20. The smallest absolute Gasteiger partial charge is 0.372 e. The van der Waals surface area contributed by atoms with Crippen molar-refractivity contribution in [3.05, 3.63) is 53.6 Å². The first-order valence-electron chi connectivity index (χ1n) is 9.03. The van der Waals surface area contributed by atoms with Gasteiger partial charge in [0.25, 0.3) is 0 Å². The van der Waals surface area contributed by atoms with Gasteiger partial charge in [-0.05, 0) is 41.6 Å². The summed E-state index contributed by atoms with van der Waals surface area (Å²) in [7, 11) is 2.25. The summed E-state index contributed by atoms with van der Waals surface area (Å²) < 4.78 is 41.7. The number of methoxy groups -OCH3 is 2. The van der Waals surface area contributed by atoms with Crippen LogP contribution < -0.4 is 10.1 Å². The number of thioether (sulfide) groups is 1. The van der Waals surface area contributed by atoms with Gasteiger partial charge >= 0.3 is 17.2 Å². The third-order valence-corrected chi connectivity index (χ3v) is 4.87. The van der Waals surface area contributed by atoms with Gasteiger partial charge in [0.1, 0.15) is 29.0 Å². The van der Waals surface area contributed by atoms with Gasteiger partial charge in [-0.1, -0.05) is 6.07 Å². The fraction of sp³-hybridized carbons (Fsp3) is 0.238. The first-order chi connectivity index (χ1) is 15.2. The van der Waals surface area contributed by atoms with Crippen LogP contribution in [0, 0.1) is 11.6 Å². The van der Waals surface area contributed by atoms with Crippen molar-refractivity contribution in [2.45, 2.75) is 13.0 Å². The molecule has 1 atom stereocenters. The van der Waals surface area contributed by atoms with E-state index in [1.165, 1.54) is 31.2 Å². The fourth-order valence-electron chi connectivity index (χ4n) is 2.61. The molecule has 1 amide bonds. The van der Waals surface area contributed by atoms with Crippen molar-refractivity contribution in [1.29, 1.82) is 0 Å². The number of benzene rings is 2. The molecule has 1 N–H and O–H groups in total. The third-order valence-electron chi connectivity index (χ3n) is 4.05. The zero-order chi connectivity index (χ0) is 23.8. The highest BCUT2D eigenvalue weighted by Crippen LogP contribution is 2.30. The molecule has 32 heavy (non-hydrogen) atoms. The number of nitrogens with one attached hydrogen (secondary N) is 1. The minimum atomic E-state index is -1.08. The van der Waals surface area contributed by atoms with Gasteiger partial charge in [0, 0.05) is 24.3 Å². The van der Waals surface area contributed by atoms with Crippen LogP contribution in [0.25, 0.3) is 11.1 Å². The maximum Gasteiger partial charge on any atom is 0.372 e. The molecular formula is C21H19F2NO7S. The molecule has 0 aliphatic heterocycles. The standard InChI is InChI=1S/C21H19F2NO7S/c1-11(25)24-17(20(27)30-3)10-32-21(28)31-18-7-4-12(8-15(18)19(26)29-2)14-6-5-13(22)9-16(14)23/h4-9,17H,10H2,1-3H3,(H,24,25)/t17-/m1/s1. The number of hydrogen-bond donors (Lipinski definition) is 1. The Morgan fingerprint density at radius 2 is 1.75 bits per heavy atom. The zero-order valence-corrected chi connectivity index (χ0v) is 18.1. The zero-order valence-electron chi connectivity index (χ0n) is 17.3. The number of halogens is 2. The number of amides is 1. The summed E-state index contributed by atoms with van der Waals surface area (Å²) in [5.41, 5.74) is 0.0841. The Balaban J connectivity index is 2.23. The second-order valence-corrected chi connectivity index (χ2v) is 7.22. The molecule has 2 aromatic rings. The van der Waals surface area contributed by atoms with Gasteiger partial charge in [0.15, 0.2) is 0 Å². The Hall–Kier alpha value is -3.47. The predicted molar refractivity (Wildman–Crippen MR) is 111 cm³/mol. The van der Waals surface area contributed by atoms with Gasteiger partial charge < -0.3 is 19.5 Å². The Morgan fingerprint density at radius 3 is 2.34 bits per heavy atom. The topological polar surface area (TPSA) is 108 Å². The third kappa shape index (κ3) is 6.51. The quantitative estimate of drug-likeness (QED) is 0.618. The molecule has 11 heteroatoms. The molecule has 0 unspecified atom stereocenters. The Kier molecular flexibility index (Phi) is 8.71. The number of hydrogen-bond acceptors (Lipinski definition) is 8. The lowest BCUT2D eigenvalue weighted by Gasteiger charge is -2.15. The van der Waals surface area contributed by atoms with E-state index < -0.39 is 40.8 Å². The summed E-state index contributed by atoms with van der Waals surface area (Å²) in [6, 6.07) is 5.76. The molecule has 0 aliphatic carbocycles. The van der Waals surface area contributed by atoms with E-state index in [4.69, 9.17) is 4.74 Å². The second kappa shape index (κ2) is 11.2. The van der Waals surface area contributed by atoms with Gasteiger partial charge in [0.05, 0.1) is 14.2 Å². The lowest BCUT2D eigenvalue weighted by Crippen LogP contribution is -2.42. The number of carbonyl (C=O) groups is 4. The average Bonchev–Trinajstić information content (AvgIpc) is 2.75. The molecule has 0 saturated carbocycles. The van der Waals surface area contributed by atoms with E-state index in [1.54, 1.807) is 0 Å². The van der Waals surface area contributed by atoms with Gasteiger partial charge in [-0.2, -0.15) is 0 Å². The molecule has 0 fully saturated rings. The van der Waals surface area contributed by atoms with Crippen molar-refractivity contribution >= 4 is 34.9 Å². The molecule has 8 nitrogen and oxygen atoms in total. The van der Waals surface area contributed by atoms with Crippen molar-refractivity contribution in [3.63, 3.8) is 0 Å². The van der Waals surface area contributed by atoms with Gasteiger partial charge in [-0.15, -0.1) is 0 Å². The van der Waals surface area contributed by atoms with E-state index in [9.17, 15) is 28.0 Å². The summed E-state index contributed by atoms with van der Waals surface area (Å²) >= 11 is 0.567. The van der Waals surface area contributed by atoms with Crippen LogP contribution in [0.2, 0.25) is 0 Å². The number of esters is 2. The van der Waals surface area contributed by atoms with Crippen LogP contribution in [0.4, 0.5) is 13.6 Å². The van der Waals surface area contributed by atoms with Crippen LogP contribution in [0.15, 0.2) is 36.4 Å². The lowest BCUT2D eigenvalue weighted by molar-refractivity contribution is -0.144. The van der Waals surface area contributed by atoms with Crippen molar-refractivity contribution < 1.29 is 42.2 Å². The Labute approximate surface area is 186 Å². The van der Waals surface area contributed by atoms with Crippen molar-refractivity contribution in [2.75, 3.05) is 20.0 Å². The fourth-order valence-corrected chi connectivity index (χ4v) is 3.28. The maximum absolute atomic E-state index is 14.1. The van der Waals surface area contributed by atoms with Gasteiger partial charge in [0.2, 0.25) is 5.91 Å². The summed E-state index contributed by atoms with van der Waals surface area (Å²) in [5, 5.41) is 1.47. The second-order valence-electron chi connectivity index (χ2n) is 6.27. The maximum atomic E-state index is 14.1. The van der Waals surface area contributed by atoms with E-state index in [2.05, 4.69) is 14.8 Å². The molecule has 2 rings (SSSR count). The molecule has 0 saturated heterocycles.